The molecule has 4 rings (SSSR count). The summed E-state index contributed by atoms with van der Waals surface area (Å²) in [6.45, 7) is 0. The number of aliphatic imine (C=N–C) groups is 1. The number of nitrogens with two attached hydrogens (primary N) is 2. The van der Waals surface area contributed by atoms with Gasteiger partial charge in [0.2, 0.25) is 0 Å². The highest BCUT2D eigenvalue weighted by molar-refractivity contribution is 8.04. The zero-order valence-electron chi connectivity index (χ0n) is 14.6. The van der Waals surface area contributed by atoms with Gasteiger partial charge < -0.3 is 21.3 Å². The molecule has 0 spiro atoms. The lowest BCUT2D eigenvalue weighted by Gasteiger charge is -2.36. The van der Waals surface area contributed by atoms with Crippen LogP contribution in [-0.4, -0.2) is 18.0 Å². The van der Waals surface area contributed by atoms with Gasteiger partial charge >= 0.3 is 6.18 Å². The Morgan fingerprint density at radius 3 is 2.21 bits per heavy atom. The van der Waals surface area contributed by atoms with Crippen LogP contribution in [0.3, 0.4) is 0 Å². The summed E-state index contributed by atoms with van der Waals surface area (Å²) in [5, 5.41) is 1.39. The van der Waals surface area contributed by atoms with Gasteiger partial charge in [-0.05, 0) is 36.4 Å². The monoisotopic (exact) mass is 459 g/mol. The quantitative estimate of drug-likeness (QED) is 0.673. The summed E-state index contributed by atoms with van der Waals surface area (Å²) in [6, 6.07) is 9.76. The van der Waals surface area contributed by atoms with Crippen molar-refractivity contribution in [1.29, 1.82) is 0 Å². The van der Waals surface area contributed by atoms with Gasteiger partial charge in [-0.25, -0.2) is 4.99 Å². The van der Waals surface area contributed by atoms with Gasteiger partial charge in [-0.3, -0.25) is 0 Å². The molecule has 29 heavy (non-hydrogen) atoms. The molecule has 2 unspecified atom stereocenters. The molecule has 2 aliphatic heterocycles. The predicted octanol–water partition coefficient (Wildman–Crippen LogP) is 4.81. The zero-order valence-corrected chi connectivity index (χ0v) is 16.9. The molecule has 4 N–H and O–H groups in total. The van der Waals surface area contributed by atoms with Crippen molar-refractivity contribution < 1.29 is 13.2 Å². The largest absolute Gasteiger partial charge is 0.416 e. The van der Waals surface area contributed by atoms with Crippen LogP contribution in [0.2, 0.25) is 10.0 Å². The van der Waals surface area contributed by atoms with Crippen LogP contribution in [0, 0.1) is 0 Å². The molecule has 2 atom stereocenters. The smallest absolute Gasteiger partial charge is 0.311 e. The lowest BCUT2D eigenvalue weighted by Crippen LogP contribution is -2.50. The van der Waals surface area contributed by atoms with Crippen LogP contribution in [0.15, 0.2) is 58.2 Å². The minimum absolute atomic E-state index is 0.394. The Labute approximate surface area is 178 Å². The van der Waals surface area contributed by atoms with Crippen LogP contribution in [-0.2, 0) is 6.18 Å². The van der Waals surface area contributed by atoms with Gasteiger partial charge in [0.25, 0.3) is 0 Å². The molecule has 11 heteroatoms. The third kappa shape index (κ3) is 3.57. The number of benzene rings is 2. The number of thioether (sulfide) groups is 1. The summed E-state index contributed by atoms with van der Waals surface area (Å²) < 4.78 is 38.6. The van der Waals surface area contributed by atoms with E-state index in [0.717, 1.165) is 12.1 Å². The fourth-order valence-corrected chi connectivity index (χ4v) is 4.75. The minimum atomic E-state index is -4.42. The maximum atomic E-state index is 12.9. The summed E-state index contributed by atoms with van der Waals surface area (Å²) in [4.78, 5) is 7.67. The highest BCUT2D eigenvalue weighted by Crippen LogP contribution is 2.47. The topological polar surface area (TPSA) is 70.9 Å². The standard InChI is InChI=1S/C18H14Cl2F3N5S/c19-11-2-1-3-12(20)13(11)28-14-15(24)27(8-26-16(14)29-17(28)25)10-6-4-9(5-7-10)18(21,22)23/h1-8,15,17H,24-25H2. The Balaban J connectivity index is 1.71. The van der Waals surface area contributed by atoms with E-state index >= 15 is 0 Å². The van der Waals surface area contributed by atoms with E-state index in [0.29, 0.717) is 32.1 Å². The van der Waals surface area contributed by atoms with Crippen molar-refractivity contribution in [2.75, 3.05) is 9.80 Å². The maximum absolute atomic E-state index is 12.9. The van der Waals surface area contributed by atoms with Crippen molar-refractivity contribution in [2.45, 2.75) is 17.8 Å². The van der Waals surface area contributed by atoms with Gasteiger partial charge in [-0.2, -0.15) is 13.2 Å². The number of para-hydroxylation sites is 1. The van der Waals surface area contributed by atoms with Crippen LogP contribution in [0.4, 0.5) is 24.5 Å². The van der Waals surface area contributed by atoms with E-state index in [2.05, 4.69) is 4.99 Å². The Morgan fingerprint density at radius 1 is 1.00 bits per heavy atom. The van der Waals surface area contributed by atoms with E-state index in [1.54, 1.807) is 28.0 Å². The Kier molecular flexibility index (Phi) is 5.20. The number of hydrogen-bond donors (Lipinski definition) is 2. The second-order valence-corrected chi connectivity index (χ2v) is 8.20. The molecule has 2 heterocycles. The molecule has 0 radical (unpaired) electrons. The van der Waals surface area contributed by atoms with Gasteiger partial charge in [0.15, 0.2) is 0 Å². The molecule has 0 saturated heterocycles. The van der Waals surface area contributed by atoms with Gasteiger partial charge in [-0.15, -0.1) is 0 Å². The first-order valence-electron chi connectivity index (χ1n) is 8.33. The van der Waals surface area contributed by atoms with Crippen molar-refractivity contribution in [3.63, 3.8) is 0 Å². The number of hydrogen-bond acceptors (Lipinski definition) is 6. The Hall–Kier alpha value is -1.91. The van der Waals surface area contributed by atoms with Crippen LogP contribution >= 0.6 is 35.0 Å². The van der Waals surface area contributed by atoms with Gasteiger partial charge in [0.05, 0.1) is 33.3 Å². The normalized spacial score (nSPS) is 21.8. The van der Waals surface area contributed by atoms with Crippen molar-refractivity contribution in [2.24, 2.45) is 16.5 Å². The molecule has 0 amide bonds. The number of nitrogens with zero attached hydrogens (tertiary/aromatic N) is 3. The summed E-state index contributed by atoms with van der Waals surface area (Å²) in [7, 11) is 0. The van der Waals surface area contributed by atoms with E-state index < -0.39 is 23.4 Å². The summed E-state index contributed by atoms with van der Waals surface area (Å²) in [5.74, 6) is 0. The van der Waals surface area contributed by atoms with Gasteiger partial charge in [0, 0.05) is 5.69 Å². The van der Waals surface area contributed by atoms with E-state index in [9.17, 15) is 13.2 Å². The summed E-state index contributed by atoms with van der Waals surface area (Å²) in [6.07, 6.45) is -3.70. The summed E-state index contributed by atoms with van der Waals surface area (Å²) >= 11 is 14.0. The first kappa shape index (κ1) is 20.4. The molecule has 5 nitrogen and oxygen atoms in total. The van der Waals surface area contributed by atoms with E-state index in [1.807, 2.05) is 0 Å². The number of halogens is 5. The van der Waals surface area contributed by atoms with Crippen LogP contribution in [0.5, 0.6) is 0 Å². The number of rotatable bonds is 2. The molecular formula is C18H14Cl2F3N5S. The third-order valence-corrected chi connectivity index (χ3v) is 6.12. The van der Waals surface area contributed by atoms with Crippen molar-refractivity contribution in [3.8, 4) is 0 Å². The Morgan fingerprint density at radius 2 is 1.62 bits per heavy atom. The minimum Gasteiger partial charge on any atom is -0.311 e. The predicted molar refractivity (Wildman–Crippen MR) is 112 cm³/mol. The van der Waals surface area contributed by atoms with Crippen LogP contribution in [0.25, 0.3) is 0 Å². The first-order valence-corrected chi connectivity index (χ1v) is 9.97. The van der Waals surface area contributed by atoms with E-state index in [4.69, 9.17) is 34.7 Å². The molecule has 2 aromatic carbocycles. The second-order valence-electron chi connectivity index (χ2n) is 6.28. The fourth-order valence-electron chi connectivity index (χ4n) is 3.17. The maximum Gasteiger partial charge on any atom is 0.416 e. The zero-order chi connectivity index (χ0) is 20.9. The lowest BCUT2D eigenvalue weighted by molar-refractivity contribution is -0.137. The van der Waals surface area contributed by atoms with E-state index in [-0.39, 0.29) is 0 Å². The Bertz CT molecular complexity index is 989. The lowest BCUT2D eigenvalue weighted by atomic mass is 10.1. The molecule has 0 aliphatic carbocycles. The van der Waals surface area contributed by atoms with Crippen molar-refractivity contribution in [3.05, 3.63) is 68.8 Å². The molecule has 0 aromatic heterocycles. The average molecular weight is 460 g/mol. The molecule has 2 aromatic rings. The number of alkyl halides is 3. The number of anilines is 2. The van der Waals surface area contributed by atoms with Crippen LogP contribution < -0.4 is 21.3 Å². The van der Waals surface area contributed by atoms with Crippen molar-refractivity contribution in [1.82, 2.24) is 0 Å². The molecule has 2 aliphatic rings. The summed E-state index contributed by atoms with van der Waals surface area (Å²) in [5.41, 5.74) is 13.0. The van der Waals surface area contributed by atoms with Crippen molar-refractivity contribution >= 4 is 52.7 Å². The molecule has 0 fully saturated rings. The van der Waals surface area contributed by atoms with Gasteiger partial charge in [-0.1, -0.05) is 41.0 Å². The average Bonchev–Trinajstić information content (AvgIpc) is 2.98. The SMILES string of the molecule is NC1C2=C(N=CN1c1ccc(C(F)(F)F)cc1)SC(N)N2c1c(Cl)cccc1Cl. The highest BCUT2D eigenvalue weighted by Gasteiger charge is 2.40. The first-order chi connectivity index (χ1) is 13.7. The molecule has 0 saturated carbocycles. The second kappa shape index (κ2) is 7.41. The van der Waals surface area contributed by atoms with Crippen LogP contribution in [0.1, 0.15) is 5.56 Å². The van der Waals surface area contributed by atoms with Gasteiger partial charge in [0.1, 0.15) is 16.7 Å². The molecule has 152 valence electrons. The third-order valence-electron chi connectivity index (χ3n) is 4.52. The highest BCUT2D eigenvalue weighted by atomic mass is 35.5. The molecular weight excluding hydrogens is 446 g/mol. The van der Waals surface area contributed by atoms with E-state index in [1.165, 1.54) is 30.2 Å². The molecule has 0 bridgehead atoms. The fraction of sp³-hybridized carbons (Fsp3) is 0.167.